The van der Waals surface area contributed by atoms with E-state index in [1.54, 1.807) is 11.8 Å². The number of hydrogen-bond acceptors (Lipinski definition) is 9. The molecule has 1 aromatic heterocycles. The van der Waals surface area contributed by atoms with Gasteiger partial charge in [0.2, 0.25) is 0 Å². The molecule has 0 saturated carbocycles. The molecule has 0 radical (unpaired) electrons. The zero-order chi connectivity index (χ0) is 22.9. The average Bonchev–Trinajstić information content (AvgIpc) is 2.84. The number of rotatable bonds is 7. The Bertz CT molecular complexity index is 996. The zero-order valence-electron chi connectivity index (χ0n) is 19.3. The molecule has 0 aliphatic carbocycles. The monoisotopic (exact) mass is 464 g/mol. The van der Waals surface area contributed by atoms with Gasteiger partial charge in [-0.15, -0.1) is 0 Å². The molecule has 1 atom stereocenters. The van der Waals surface area contributed by atoms with Gasteiger partial charge < -0.3 is 15.5 Å². The molecule has 0 bridgehead atoms. The molecule has 1 unspecified atom stereocenters. The number of aliphatic imine (C=N–C) groups is 1. The zero-order valence-corrected chi connectivity index (χ0v) is 20.1. The Morgan fingerprint density at radius 1 is 1.21 bits per heavy atom. The van der Waals surface area contributed by atoms with Gasteiger partial charge >= 0.3 is 0 Å². The van der Waals surface area contributed by atoms with Crippen LogP contribution in [0.5, 0.6) is 0 Å². The first-order valence-corrected chi connectivity index (χ1v) is 12.4. The van der Waals surface area contributed by atoms with Crippen molar-refractivity contribution in [1.29, 1.82) is 0 Å². The van der Waals surface area contributed by atoms with Crippen LogP contribution in [-0.2, 0) is 0 Å². The molecule has 0 spiro atoms. The first-order valence-electron chi connectivity index (χ1n) is 11.5. The summed E-state index contributed by atoms with van der Waals surface area (Å²) in [6, 6.07) is 10.3. The van der Waals surface area contributed by atoms with Crippen LogP contribution in [0.2, 0.25) is 0 Å². The number of amidine groups is 1. The van der Waals surface area contributed by atoms with Gasteiger partial charge in [0.1, 0.15) is 17.5 Å². The normalized spacial score (nSPS) is 19.2. The molecule has 2 aliphatic rings. The number of hydrogen-bond donors (Lipinski definition) is 3. The summed E-state index contributed by atoms with van der Waals surface area (Å²) in [6.45, 7) is 8.69. The molecule has 33 heavy (non-hydrogen) atoms. The van der Waals surface area contributed by atoms with Gasteiger partial charge in [-0.2, -0.15) is 5.10 Å². The van der Waals surface area contributed by atoms with Gasteiger partial charge in [0.25, 0.3) is 0 Å². The van der Waals surface area contributed by atoms with Crippen molar-refractivity contribution in [3.05, 3.63) is 47.8 Å². The third kappa shape index (κ3) is 7.03. The molecule has 0 amide bonds. The minimum atomic E-state index is 0.368. The number of aromatic nitrogens is 2. The number of benzene rings is 1. The van der Waals surface area contributed by atoms with Crippen molar-refractivity contribution in [2.45, 2.75) is 31.9 Å². The molecule has 9 heteroatoms. The number of nitrogens with zero attached hydrogens (tertiary/aromatic N) is 5. The summed E-state index contributed by atoms with van der Waals surface area (Å²) in [7, 11) is 0. The standard InChI is InChI=1S/C24H32N8S/c1-3-11-27-31-20-7-4-19(5-8-20)6-9-21-10-12-26-24(33-21)30-22-17-23(29-18(2)28-22)32-15-13-25-14-16-32/h4-9,11,17,21,25,31H,3,10,12-16H2,1-2H3,(H,26,28,29,30)/b9-6+,27-11-. The lowest BCUT2D eigenvalue weighted by atomic mass is 10.1. The molecule has 1 saturated heterocycles. The van der Waals surface area contributed by atoms with Gasteiger partial charge in [0.15, 0.2) is 5.17 Å². The molecule has 2 aliphatic heterocycles. The molecule has 174 valence electrons. The Hall–Kier alpha value is -2.91. The summed E-state index contributed by atoms with van der Waals surface area (Å²) in [5, 5.41) is 12.2. The van der Waals surface area contributed by atoms with Gasteiger partial charge in [-0.3, -0.25) is 10.4 Å². The lowest BCUT2D eigenvalue weighted by Crippen LogP contribution is -2.44. The highest BCUT2D eigenvalue weighted by atomic mass is 32.2. The molecule has 2 aromatic rings. The predicted molar refractivity (Wildman–Crippen MR) is 142 cm³/mol. The van der Waals surface area contributed by atoms with Crippen LogP contribution in [0.3, 0.4) is 0 Å². The largest absolute Gasteiger partial charge is 0.354 e. The fraction of sp³-hybridized carbons (Fsp3) is 0.417. The fourth-order valence-electron chi connectivity index (χ4n) is 3.62. The molecule has 1 fully saturated rings. The lowest BCUT2D eigenvalue weighted by Gasteiger charge is -2.28. The van der Waals surface area contributed by atoms with Crippen LogP contribution in [0.4, 0.5) is 17.3 Å². The number of thioether (sulfide) groups is 1. The summed E-state index contributed by atoms with van der Waals surface area (Å²) >= 11 is 1.75. The highest BCUT2D eigenvalue weighted by molar-refractivity contribution is 8.14. The van der Waals surface area contributed by atoms with E-state index in [9.17, 15) is 0 Å². The molecule has 3 N–H and O–H groups in total. The van der Waals surface area contributed by atoms with E-state index in [0.717, 1.165) is 73.9 Å². The van der Waals surface area contributed by atoms with E-state index in [2.05, 4.69) is 72.2 Å². The number of piperazine rings is 1. The first-order chi connectivity index (χ1) is 16.2. The molecule has 3 heterocycles. The van der Waals surface area contributed by atoms with E-state index in [-0.39, 0.29) is 0 Å². The minimum Gasteiger partial charge on any atom is -0.354 e. The summed E-state index contributed by atoms with van der Waals surface area (Å²) in [6.07, 6.45) is 8.23. The highest BCUT2D eigenvalue weighted by Crippen LogP contribution is 2.26. The van der Waals surface area contributed by atoms with Gasteiger partial charge in [0.05, 0.1) is 5.69 Å². The van der Waals surface area contributed by atoms with Crippen LogP contribution in [-0.4, -0.2) is 59.3 Å². The third-order valence-electron chi connectivity index (χ3n) is 5.31. The highest BCUT2D eigenvalue weighted by Gasteiger charge is 2.18. The van der Waals surface area contributed by atoms with Crippen molar-refractivity contribution in [2.75, 3.05) is 48.4 Å². The van der Waals surface area contributed by atoms with Gasteiger partial charge in [0, 0.05) is 50.3 Å². The average molecular weight is 465 g/mol. The molecular formula is C24H32N8S. The summed E-state index contributed by atoms with van der Waals surface area (Å²) in [5.74, 6) is 2.55. The second-order valence-electron chi connectivity index (χ2n) is 7.97. The predicted octanol–water partition coefficient (Wildman–Crippen LogP) is 3.99. The van der Waals surface area contributed by atoms with E-state index in [1.165, 1.54) is 5.56 Å². The molecule has 1 aromatic carbocycles. The van der Waals surface area contributed by atoms with Crippen molar-refractivity contribution >= 4 is 46.5 Å². The van der Waals surface area contributed by atoms with Gasteiger partial charge in [-0.25, -0.2) is 9.97 Å². The van der Waals surface area contributed by atoms with E-state index < -0.39 is 0 Å². The quantitative estimate of drug-likeness (QED) is 0.422. The lowest BCUT2D eigenvalue weighted by molar-refractivity contribution is 0.584. The number of anilines is 3. The van der Waals surface area contributed by atoms with Crippen molar-refractivity contribution in [3.63, 3.8) is 0 Å². The SMILES string of the molecule is CC/C=N\Nc1ccc(/C=C/C2CCN=C(Nc3cc(N4CCNCC4)nc(C)n3)S2)cc1. The fourth-order valence-corrected chi connectivity index (χ4v) is 4.61. The van der Waals surface area contributed by atoms with Crippen LogP contribution in [0.1, 0.15) is 31.2 Å². The maximum atomic E-state index is 4.68. The second-order valence-corrected chi connectivity index (χ2v) is 9.19. The van der Waals surface area contributed by atoms with Crippen LogP contribution >= 0.6 is 11.8 Å². The van der Waals surface area contributed by atoms with E-state index in [1.807, 2.05) is 31.3 Å². The third-order valence-corrected chi connectivity index (χ3v) is 6.46. The van der Waals surface area contributed by atoms with Gasteiger partial charge in [-0.05, 0) is 37.5 Å². The van der Waals surface area contributed by atoms with Crippen LogP contribution in [0.15, 0.2) is 46.5 Å². The first kappa shape index (κ1) is 23.3. The minimum absolute atomic E-state index is 0.368. The number of hydrazone groups is 1. The Balaban J connectivity index is 1.34. The summed E-state index contributed by atoms with van der Waals surface area (Å²) < 4.78 is 0. The van der Waals surface area contributed by atoms with Gasteiger partial charge in [-0.1, -0.05) is 43.0 Å². The van der Waals surface area contributed by atoms with Crippen LogP contribution < -0.4 is 21.0 Å². The Morgan fingerprint density at radius 3 is 2.82 bits per heavy atom. The molecule has 4 rings (SSSR count). The van der Waals surface area contributed by atoms with Crippen LogP contribution in [0.25, 0.3) is 6.08 Å². The van der Waals surface area contributed by atoms with Crippen molar-refractivity contribution < 1.29 is 0 Å². The van der Waals surface area contributed by atoms with E-state index >= 15 is 0 Å². The Kier molecular flexibility index (Phi) is 8.32. The topological polar surface area (TPSA) is 89.8 Å². The van der Waals surface area contributed by atoms with E-state index in [0.29, 0.717) is 5.25 Å². The van der Waals surface area contributed by atoms with Crippen LogP contribution in [0, 0.1) is 6.92 Å². The number of aryl methyl sites for hydroxylation is 1. The Labute approximate surface area is 200 Å². The summed E-state index contributed by atoms with van der Waals surface area (Å²) in [5.41, 5.74) is 5.20. The van der Waals surface area contributed by atoms with Crippen molar-refractivity contribution in [2.24, 2.45) is 10.1 Å². The summed E-state index contributed by atoms with van der Waals surface area (Å²) in [4.78, 5) is 16.2. The molecular weight excluding hydrogens is 432 g/mol. The van der Waals surface area contributed by atoms with E-state index in [4.69, 9.17) is 0 Å². The smallest absolute Gasteiger partial charge is 0.162 e. The van der Waals surface area contributed by atoms with Crippen molar-refractivity contribution in [3.8, 4) is 0 Å². The number of nitrogens with one attached hydrogen (secondary N) is 3. The molecule has 8 nitrogen and oxygen atoms in total. The van der Waals surface area contributed by atoms with Crippen molar-refractivity contribution in [1.82, 2.24) is 15.3 Å². The maximum Gasteiger partial charge on any atom is 0.162 e. The second kappa shape index (κ2) is 11.8. The Morgan fingerprint density at radius 2 is 2.03 bits per heavy atom. The maximum absolute atomic E-state index is 4.68.